The summed E-state index contributed by atoms with van der Waals surface area (Å²) in [5, 5.41) is 7.98. The maximum absolute atomic E-state index is 4.25. The third kappa shape index (κ3) is 3.35. The number of nitrogens with zero attached hydrogens (tertiary/aromatic N) is 2. The van der Waals surface area contributed by atoms with Crippen molar-refractivity contribution in [3.63, 3.8) is 0 Å². The lowest BCUT2D eigenvalue weighted by Crippen LogP contribution is -2.35. The Kier molecular flexibility index (Phi) is 4.44. The van der Waals surface area contributed by atoms with Crippen LogP contribution in [0.4, 0.5) is 0 Å². The van der Waals surface area contributed by atoms with Crippen molar-refractivity contribution in [2.75, 3.05) is 6.54 Å². The van der Waals surface area contributed by atoms with Gasteiger partial charge in [0.15, 0.2) is 0 Å². The summed E-state index contributed by atoms with van der Waals surface area (Å²) >= 11 is 0. The van der Waals surface area contributed by atoms with Crippen LogP contribution in [-0.4, -0.2) is 22.4 Å². The van der Waals surface area contributed by atoms with Crippen molar-refractivity contribution >= 4 is 0 Å². The highest BCUT2D eigenvalue weighted by atomic mass is 15.2. The molecule has 0 aromatic carbocycles. The molecule has 1 aliphatic rings. The average Bonchev–Trinajstić information content (AvgIpc) is 3.13. The van der Waals surface area contributed by atoms with E-state index >= 15 is 0 Å². The van der Waals surface area contributed by atoms with Crippen LogP contribution in [0.1, 0.15) is 51.6 Å². The molecule has 1 aromatic rings. The first kappa shape index (κ1) is 13.6. The Balaban J connectivity index is 1.89. The Morgan fingerprint density at radius 3 is 2.61 bits per heavy atom. The summed E-state index contributed by atoms with van der Waals surface area (Å²) in [6.07, 6.45) is 9.60. The Bertz CT molecular complexity index is 362. The molecule has 1 N–H and O–H groups in total. The number of aryl methyl sites for hydroxylation is 2. The number of hydrogen-bond acceptors (Lipinski definition) is 2. The standard InChI is InChI=1S/C15H27N3/c1-4-15(5-2,12-16-13-6-7-13)10-8-14-9-11-17-18(14)3/h9,11,13,16H,4-8,10,12H2,1-3H3. The van der Waals surface area contributed by atoms with Gasteiger partial charge in [-0.1, -0.05) is 13.8 Å². The number of nitrogens with one attached hydrogen (secondary N) is 1. The summed E-state index contributed by atoms with van der Waals surface area (Å²) in [6.45, 7) is 5.85. The molecule has 2 rings (SSSR count). The third-order valence-corrected chi connectivity index (χ3v) is 4.68. The van der Waals surface area contributed by atoms with Crippen molar-refractivity contribution in [2.24, 2.45) is 12.5 Å². The SMILES string of the molecule is CCC(CC)(CCc1ccnn1C)CNC1CC1. The highest BCUT2D eigenvalue weighted by Crippen LogP contribution is 2.32. The van der Waals surface area contributed by atoms with Gasteiger partial charge in [0.05, 0.1) is 0 Å². The van der Waals surface area contributed by atoms with Crippen LogP contribution >= 0.6 is 0 Å². The number of hydrogen-bond donors (Lipinski definition) is 1. The molecule has 0 bridgehead atoms. The fourth-order valence-corrected chi connectivity index (χ4v) is 2.63. The molecule has 0 saturated heterocycles. The van der Waals surface area contributed by atoms with Gasteiger partial charge >= 0.3 is 0 Å². The van der Waals surface area contributed by atoms with Crippen LogP contribution < -0.4 is 5.32 Å². The van der Waals surface area contributed by atoms with Gasteiger partial charge in [0.1, 0.15) is 0 Å². The van der Waals surface area contributed by atoms with Crippen LogP contribution in [0.25, 0.3) is 0 Å². The summed E-state index contributed by atoms with van der Waals surface area (Å²) in [4.78, 5) is 0. The molecule has 0 radical (unpaired) electrons. The fraction of sp³-hybridized carbons (Fsp3) is 0.800. The van der Waals surface area contributed by atoms with E-state index in [9.17, 15) is 0 Å². The van der Waals surface area contributed by atoms with Crippen molar-refractivity contribution < 1.29 is 0 Å². The van der Waals surface area contributed by atoms with Gasteiger partial charge in [0, 0.05) is 31.5 Å². The van der Waals surface area contributed by atoms with Crippen molar-refractivity contribution in [3.8, 4) is 0 Å². The zero-order valence-electron chi connectivity index (χ0n) is 12.1. The van der Waals surface area contributed by atoms with E-state index in [1.54, 1.807) is 0 Å². The Labute approximate surface area is 111 Å². The molecule has 0 amide bonds. The Morgan fingerprint density at radius 2 is 2.11 bits per heavy atom. The van der Waals surface area contributed by atoms with Crippen LogP contribution in [0.2, 0.25) is 0 Å². The van der Waals surface area contributed by atoms with Gasteiger partial charge in [0.25, 0.3) is 0 Å². The van der Waals surface area contributed by atoms with E-state index in [4.69, 9.17) is 0 Å². The van der Waals surface area contributed by atoms with Crippen LogP contribution in [-0.2, 0) is 13.5 Å². The maximum atomic E-state index is 4.25. The molecule has 3 heteroatoms. The lowest BCUT2D eigenvalue weighted by Gasteiger charge is -2.32. The zero-order valence-corrected chi connectivity index (χ0v) is 12.1. The van der Waals surface area contributed by atoms with Gasteiger partial charge in [-0.05, 0) is 50.0 Å². The van der Waals surface area contributed by atoms with E-state index in [0.717, 1.165) is 12.5 Å². The minimum absolute atomic E-state index is 0.465. The van der Waals surface area contributed by atoms with Gasteiger partial charge in [-0.25, -0.2) is 0 Å². The van der Waals surface area contributed by atoms with Crippen LogP contribution in [0.5, 0.6) is 0 Å². The smallest absolute Gasteiger partial charge is 0.0492 e. The number of rotatable bonds is 8. The van der Waals surface area contributed by atoms with Crippen LogP contribution in [0.3, 0.4) is 0 Å². The maximum Gasteiger partial charge on any atom is 0.0492 e. The molecule has 1 aromatic heterocycles. The predicted octanol–water partition coefficient (Wildman–Crippen LogP) is 2.91. The van der Waals surface area contributed by atoms with Crippen LogP contribution in [0, 0.1) is 5.41 Å². The Hall–Kier alpha value is -0.830. The molecule has 0 atom stereocenters. The molecule has 1 fully saturated rings. The third-order valence-electron chi connectivity index (χ3n) is 4.68. The average molecular weight is 249 g/mol. The summed E-state index contributed by atoms with van der Waals surface area (Å²) in [7, 11) is 2.04. The van der Waals surface area contributed by atoms with E-state index in [1.165, 1.54) is 44.3 Å². The lowest BCUT2D eigenvalue weighted by atomic mass is 9.77. The van der Waals surface area contributed by atoms with E-state index in [2.05, 4.69) is 30.3 Å². The molecule has 0 aliphatic heterocycles. The topological polar surface area (TPSA) is 29.9 Å². The van der Waals surface area contributed by atoms with E-state index < -0.39 is 0 Å². The second kappa shape index (κ2) is 5.87. The van der Waals surface area contributed by atoms with Gasteiger partial charge in [-0.2, -0.15) is 5.10 Å². The molecule has 1 heterocycles. The zero-order chi connectivity index (χ0) is 13.0. The summed E-state index contributed by atoms with van der Waals surface area (Å²) < 4.78 is 2.00. The summed E-state index contributed by atoms with van der Waals surface area (Å²) in [5.41, 5.74) is 1.82. The highest BCUT2D eigenvalue weighted by Gasteiger charge is 2.29. The minimum atomic E-state index is 0.465. The molecule has 18 heavy (non-hydrogen) atoms. The number of aromatic nitrogens is 2. The second-order valence-electron chi connectivity index (χ2n) is 5.81. The largest absolute Gasteiger partial charge is 0.313 e. The Morgan fingerprint density at radius 1 is 1.39 bits per heavy atom. The van der Waals surface area contributed by atoms with Crippen LogP contribution in [0.15, 0.2) is 12.3 Å². The van der Waals surface area contributed by atoms with Gasteiger partial charge in [0.2, 0.25) is 0 Å². The normalized spacial score (nSPS) is 16.2. The van der Waals surface area contributed by atoms with E-state index in [0.29, 0.717) is 5.41 Å². The van der Waals surface area contributed by atoms with E-state index in [1.807, 2.05) is 17.9 Å². The second-order valence-corrected chi connectivity index (χ2v) is 5.81. The fourth-order valence-electron chi connectivity index (χ4n) is 2.63. The first-order chi connectivity index (χ1) is 8.69. The molecule has 0 spiro atoms. The quantitative estimate of drug-likeness (QED) is 0.767. The highest BCUT2D eigenvalue weighted by molar-refractivity contribution is 5.01. The monoisotopic (exact) mass is 249 g/mol. The van der Waals surface area contributed by atoms with Crippen molar-refractivity contribution in [1.82, 2.24) is 15.1 Å². The van der Waals surface area contributed by atoms with Crippen molar-refractivity contribution in [3.05, 3.63) is 18.0 Å². The lowest BCUT2D eigenvalue weighted by molar-refractivity contribution is 0.226. The summed E-state index contributed by atoms with van der Waals surface area (Å²) in [6, 6.07) is 2.96. The molecule has 3 nitrogen and oxygen atoms in total. The molecular formula is C15H27N3. The predicted molar refractivity (Wildman–Crippen MR) is 75.6 cm³/mol. The first-order valence-corrected chi connectivity index (χ1v) is 7.39. The molecule has 102 valence electrons. The van der Waals surface area contributed by atoms with E-state index in [-0.39, 0.29) is 0 Å². The molecule has 1 saturated carbocycles. The molecule has 1 aliphatic carbocycles. The summed E-state index contributed by atoms with van der Waals surface area (Å²) in [5.74, 6) is 0. The van der Waals surface area contributed by atoms with Gasteiger partial charge in [-0.3, -0.25) is 4.68 Å². The van der Waals surface area contributed by atoms with Crippen molar-refractivity contribution in [2.45, 2.75) is 58.4 Å². The molecular weight excluding hydrogens is 222 g/mol. The van der Waals surface area contributed by atoms with Gasteiger partial charge in [-0.15, -0.1) is 0 Å². The molecule has 0 unspecified atom stereocenters. The van der Waals surface area contributed by atoms with Gasteiger partial charge < -0.3 is 5.32 Å². The minimum Gasteiger partial charge on any atom is -0.313 e. The first-order valence-electron chi connectivity index (χ1n) is 7.39. The van der Waals surface area contributed by atoms with Crippen molar-refractivity contribution in [1.29, 1.82) is 0 Å².